The minimum absolute atomic E-state index is 0.0278. The van der Waals surface area contributed by atoms with Crippen molar-refractivity contribution in [2.45, 2.75) is 24.8 Å². The maximum Gasteiger partial charge on any atom is 0.407 e. The fraction of sp³-hybridized carbons (Fsp3) is 0.280. The molecule has 34 heavy (non-hydrogen) atoms. The molecule has 0 saturated carbocycles. The summed E-state index contributed by atoms with van der Waals surface area (Å²) in [5.74, 6) is -1.52. The second kappa shape index (κ2) is 10.2. The Labute approximate surface area is 196 Å². The smallest absolute Gasteiger partial charge is 0.407 e. The van der Waals surface area contributed by atoms with Crippen LogP contribution in [0.3, 0.4) is 0 Å². The van der Waals surface area contributed by atoms with Crippen LogP contribution in [-0.2, 0) is 20.7 Å². The zero-order valence-corrected chi connectivity index (χ0v) is 18.7. The van der Waals surface area contributed by atoms with E-state index in [1.54, 1.807) is 6.20 Å². The Kier molecular flexibility index (Phi) is 6.91. The number of aliphatic carboxylic acids is 1. The van der Waals surface area contributed by atoms with Gasteiger partial charge in [-0.05, 0) is 22.3 Å². The molecule has 0 bridgehead atoms. The SMILES string of the molecule is CN(CCC(=O)O)C(=O)[C@@H](Cc1cnc[nH]1)NC(=O)OCC1c2ccccc2-c2ccccc21. The van der Waals surface area contributed by atoms with Crippen LogP contribution in [0.25, 0.3) is 11.1 Å². The number of H-pyrrole nitrogens is 1. The maximum atomic E-state index is 12.9. The number of nitrogens with zero attached hydrogens (tertiary/aromatic N) is 2. The van der Waals surface area contributed by atoms with E-state index in [0.29, 0.717) is 5.69 Å². The number of carbonyl (C=O) groups excluding carboxylic acids is 2. The van der Waals surface area contributed by atoms with Crippen molar-refractivity contribution in [1.82, 2.24) is 20.2 Å². The van der Waals surface area contributed by atoms with E-state index in [9.17, 15) is 14.4 Å². The molecule has 4 rings (SSSR count). The van der Waals surface area contributed by atoms with Crippen LogP contribution in [-0.4, -0.2) is 64.2 Å². The molecular formula is C25H26N4O5. The van der Waals surface area contributed by atoms with E-state index in [1.165, 1.54) is 18.3 Å². The average molecular weight is 463 g/mol. The lowest BCUT2D eigenvalue weighted by Gasteiger charge is -2.24. The van der Waals surface area contributed by atoms with Crippen LogP contribution in [0, 0.1) is 0 Å². The van der Waals surface area contributed by atoms with E-state index in [-0.39, 0.29) is 31.9 Å². The van der Waals surface area contributed by atoms with Gasteiger partial charge in [0, 0.05) is 37.8 Å². The largest absolute Gasteiger partial charge is 0.481 e. The Morgan fingerprint density at radius 2 is 1.76 bits per heavy atom. The van der Waals surface area contributed by atoms with Crippen LogP contribution in [0.4, 0.5) is 4.79 Å². The number of likely N-dealkylation sites (N-methyl/N-ethyl adjacent to an activating group) is 1. The number of benzene rings is 2. The van der Waals surface area contributed by atoms with Crippen molar-refractivity contribution in [3.63, 3.8) is 0 Å². The topological polar surface area (TPSA) is 125 Å². The highest BCUT2D eigenvalue weighted by molar-refractivity contribution is 5.86. The van der Waals surface area contributed by atoms with Crippen molar-refractivity contribution in [1.29, 1.82) is 0 Å². The third-order valence-electron chi connectivity index (χ3n) is 5.95. The maximum absolute atomic E-state index is 12.9. The number of carboxylic acids is 1. The van der Waals surface area contributed by atoms with E-state index in [4.69, 9.17) is 9.84 Å². The summed E-state index contributed by atoms with van der Waals surface area (Å²) in [4.78, 5) is 44.7. The number of hydrogen-bond acceptors (Lipinski definition) is 5. The number of nitrogens with one attached hydrogen (secondary N) is 2. The van der Waals surface area contributed by atoms with E-state index in [0.717, 1.165) is 22.3 Å². The van der Waals surface area contributed by atoms with Crippen molar-refractivity contribution in [2.75, 3.05) is 20.2 Å². The first-order valence-corrected chi connectivity index (χ1v) is 11.0. The zero-order chi connectivity index (χ0) is 24.1. The van der Waals surface area contributed by atoms with Crippen LogP contribution in [0.1, 0.15) is 29.2 Å². The molecule has 0 spiro atoms. The van der Waals surface area contributed by atoms with Gasteiger partial charge in [0.2, 0.25) is 5.91 Å². The van der Waals surface area contributed by atoms with Gasteiger partial charge in [0.25, 0.3) is 0 Å². The third kappa shape index (κ3) is 5.09. The number of hydrogen-bond donors (Lipinski definition) is 3. The molecule has 0 fully saturated rings. The number of rotatable bonds is 9. The molecule has 1 atom stereocenters. The first-order valence-electron chi connectivity index (χ1n) is 11.0. The summed E-state index contributed by atoms with van der Waals surface area (Å²) >= 11 is 0. The molecule has 1 heterocycles. The normalized spacial score (nSPS) is 13.0. The lowest BCUT2D eigenvalue weighted by atomic mass is 9.98. The molecule has 1 aromatic heterocycles. The van der Waals surface area contributed by atoms with Gasteiger partial charge < -0.3 is 25.0 Å². The molecule has 0 saturated heterocycles. The first-order chi connectivity index (χ1) is 16.4. The van der Waals surface area contributed by atoms with Gasteiger partial charge in [0.05, 0.1) is 12.7 Å². The van der Waals surface area contributed by atoms with Crippen LogP contribution in [0.15, 0.2) is 61.1 Å². The number of alkyl carbamates (subject to hydrolysis) is 1. The standard InChI is InChI=1S/C25H26N4O5/c1-29(11-10-23(30)31)24(32)22(12-16-13-26-15-27-16)28-25(33)34-14-21-19-8-4-2-6-17(19)18-7-3-5-9-20(18)21/h2-9,13,15,21-22H,10-12,14H2,1H3,(H,26,27)(H,28,33)(H,30,31)/t22-/m1/s1. The van der Waals surface area contributed by atoms with Crippen LogP contribution >= 0.6 is 0 Å². The highest BCUT2D eigenvalue weighted by atomic mass is 16.5. The molecule has 3 N–H and O–H groups in total. The lowest BCUT2D eigenvalue weighted by Crippen LogP contribution is -2.49. The summed E-state index contributed by atoms with van der Waals surface area (Å²) < 4.78 is 5.58. The van der Waals surface area contributed by atoms with Gasteiger partial charge >= 0.3 is 12.1 Å². The van der Waals surface area contributed by atoms with Gasteiger partial charge in [0.1, 0.15) is 12.6 Å². The molecule has 3 aromatic rings. The van der Waals surface area contributed by atoms with Gasteiger partial charge in [0.15, 0.2) is 0 Å². The molecule has 9 nitrogen and oxygen atoms in total. The number of ether oxygens (including phenoxy) is 1. The summed E-state index contributed by atoms with van der Waals surface area (Å²) in [5, 5.41) is 11.6. The van der Waals surface area contributed by atoms with Gasteiger partial charge in [-0.25, -0.2) is 9.78 Å². The predicted molar refractivity (Wildman–Crippen MR) is 124 cm³/mol. The summed E-state index contributed by atoms with van der Waals surface area (Å²) in [5.41, 5.74) is 5.09. The van der Waals surface area contributed by atoms with Crippen molar-refractivity contribution in [2.24, 2.45) is 0 Å². The predicted octanol–water partition coefficient (Wildman–Crippen LogP) is 2.79. The molecule has 0 unspecified atom stereocenters. The fourth-order valence-electron chi connectivity index (χ4n) is 4.24. The number of amides is 2. The highest BCUT2D eigenvalue weighted by Crippen LogP contribution is 2.44. The number of fused-ring (bicyclic) bond motifs is 3. The molecule has 0 aliphatic heterocycles. The number of imidazole rings is 1. The number of carboxylic acid groups (broad SMARTS) is 1. The van der Waals surface area contributed by atoms with Crippen molar-refractivity contribution in [3.05, 3.63) is 77.9 Å². The molecule has 1 aliphatic rings. The Hall–Kier alpha value is -4.14. The van der Waals surface area contributed by atoms with Gasteiger partial charge in [-0.15, -0.1) is 0 Å². The molecule has 176 valence electrons. The second-order valence-corrected chi connectivity index (χ2v) is 8.21. The van der Waals surface area contributed by atoms with E-state index < -0.39 is 24.0 Å². The molecule has 2 aromatic carbocycles. The molecule has 2 amide bonds. The highest BCUT2D eigenvalue weighted by Gasteiger charge is 2.30. The van der Waals surface area contributed by atoms with Crippen molar-refractivity contribution in [3.8, 4) is 11.1 Å². The number of aromatic amines is 1. The van der Waals surface area contributed by atoms with Crippen molar-refractivity contribution >= 4 is 18.0 Å². The van der Waals surface area contributed by atoms with E-state index in [1.807, 2.05) is 36.4 Å². The summed E-state index contributed by atoms with van der Waals surface area (Å²) in [6.07, 6.45) is 2.31. The molecule has 1 aliphatic carbocycles. The number of carbonyl (C=O) groups is 3. The quantitative estimate of drug-likeness (QED) is 0.449. The molecule has 9 heteroatoms. The zero-order valence-electron chi connectivity index (χ0n) is 18.7. The minimum Gasteiger partial charge on any atom is -0.481 e. The average Bonchev–Trinajstić information content (AvgIpc) is 3.46. The molecule has 0 radical (unpaired) electrons. The Morgan fingerprint density at radius 3 is 2.35 bits per heavy atom. The van der Waals surface area contributed by atoms with Gasteiger partial charge in [-0.2, -0.15) is 0 Å². The fourth-order valence-corrected chi connectivity index (χ4v) is 4.24. The van der Waals surface area contributed by atoms with Crippen LogP contribution in [0.5, 0.6) is 0 Å². The monoisotopic (exact) mass is 462 g/mol. The van der Waals surface area contributed by atoms with E-state index in [2.05, 4.69) is 27.4 Å². The summed E-state index contributed by atoms with van der Waals surface area (Å²) in [7, 11) is 1.50. The van der Waals surface area contributed by atoms with E-state index >= 15 is 0 Å². The minimum atomic E-state index is -1.01. The van der Waals surface area contributed by atoms with Gasteiger partial charge in [-0.1, -0.05) is 48.5 Å². The Bertz CT molecular complexity index is 1130. The Balaban J connectivity index is 1.44. The van der Waals surface area contributed by atoms with Gasteiger partial charge in [-0.3, -0.25) is 9.59 Å². The Morgan fingerprint density at radius 1 is 1.12 bits per heavy atom. The summed E-state index contributed by atoms with van der Waals surface area (Å²) in [6.45, 7) is 0.152. The third-order valence-corrected chi connectivity index (χ3v) is 5.95. The van der Waals surface area contributed by atoms with Crippen LogP contribution < -0.4 is 5.32 Å². The number of aromatic nitrogens is 2. The van der Waals surface area contributed by atoms with Crippen LogP contribution in [0.2, 0.25) is 0 Å². The first kappa shape index (κ1) is 23.0. The lowest BCUT2D eigenvalue weighted by molar-refractivity contribution is -0.138. The molecular weight excluding hydrogens is 436 g/mol. The second-order valence-electron chi connectivity index (χ2n) is 8.21. The van der Waals surface area contributed by atoms with Crippen molar-refractivity contribution < 1.29 is 24.2 Å². The summed E-state index contributed by atoms with van der Waals surface area (Å²) in [6, 6.07) is 15.1.